The van der Waals surface area contributed by atoms with Gasteiger partial charge in [-0.25, -0.2) is 9.97 Å². The van der Waals surface area contributed by atoms with Crippen molar-refractivity contribution >= 4 is 29.1 Å². The lowest BCUT2D eigenvalue weighted by molar-refractivity contribution is -0.119. The quantitative estimate of drug-likeness (QED) is 0.205. The molecule has 1 amide bonds. The molecule has 7 nitrogen and oxygen atoms in total. The number of nitrogens with one attached hydrogen (secondary N) is 2. The van der Waals surface area contributed by atoms with Gasteiger partial charge in [0.15, 0.2) is 0 Å². The standard InChI is InChI=1S/C36H36Cl2N4O3/c1-19-10-11-20-16-28(41-35(44-2)31(19)20)25-8-4-6-23(33(25)37)24-7-5-9-26(34(24)38)29-17-21-12-14-27(32(21)36(42-29)45-3)39-18-22-13-15-30(43)40-22/h4-9,16-17,19,22,27,39H,10-15,18H2,1-3H3,(H,40,43)/t19?,22-,27?/m0/s1. The predicted molar refractivity (Wildman–Crippen MR) is 178 cm³/mol. The van der Waals surface area contributed by atoms with E-state index in [1.807, 2.05) is 36.4 Å². The SMILES string of the molecule is COc1nc(-c2cccc(-c3cccc(-c4cc5c(c(OC)n4)C(NC[C@@H]4CCC(=O)N4)CC5)c3Cl)c2Cl)cc2c1C(C)CC2. The van der Waals surface area contributed by atoms with E-state index in [-0.39, 0.29) is 18.0 Å². The molecule has 1 aliphatic heterocycles. The maximum Gasteiger partial charge on any atom is 0.220 e. The minimum Gasteiger partial charge on any atom is -0.481 e. The van der Waals surface area contributed by atoms with Crippen molar-refractivity contribution in [3.63, 3.8) is 0 Å². The van der Waals surface area contributed by atoms with Gasteiger partial charge in [-0.3, -0.25) is 4.79 Å². The number of aromatic nitrogens is 2. The van der Waals surface area contributed by atoms with Gasteiger partial charge in [-0.2, -0.15) is 0 Å². The van der Waals surface area contributed by atoms with Crippen molar-refractivity contribution < 1.29 is 14.3 Å². The first-order valence-electron chi connectivity index (χ1n) is 15.6. The molecular weight excluding hydrogens is 607 g/mol. The summed E-state index contributed by atoms with van der Waals surface area (Å²) in [5.74, 6) is 1.82. The van der Waals surface area contributed by atoms with Gasteiger partial charge in [0.1, 0.15) is 0 Å². The van der Waals surface area contributed by atoms with Gasteiger partial charge in [-0.15, -0.1) is 0 Å². The minimum atomic E-state index is 0.118. The number of carbonyl (C=O) groups is 1. The van der Waals surface area contributed by atoms with E-state index in [4.69, 9.17) is 42.6 Å². The molecule has 3 heterocycles. The number of amides is 1. The number of carbonyl (C=O) groups excluding carboxylic acids is 1. The Morgan fingerprint density at radius 1 is 0.800 bits per heavy atom. The molecule has 9 heteroatoms. The van der Waals surface area contributed by atoms with Crippen LogP contribution in [-0.2, 0) is 17.6 Å². The maximum atomic E-state index is 11.6. The van der Waals surface area contributed by atoms with Crippen LogP contribution in [0.15, 0.2) is 48.5 Å². The van der Waals surface area contributed by atoms with Crippen molar-refractivity contribution in [1.29, 1.82) is 0 Å². The lowest BCUT2D eigenvalue weighted by Crippen LogP contribution is -2.36. The third kappa shape index (κ3) is 5.45. The first kappa shape index (κ1) is 30.0. The number of ether oxygens (including phenoxy) is 2. The second kappa shape index (κ2) is 12.3. The average molecular weight is 644 g/mol. The van der Waals surface area contributed by atoms with Crippen LogP contribution in [0.5, 0.6) is 11.8 Å². The van der Waals surface area contributed by atoms with E-state index < -0.39 is 0 Å². The number of nitrogens with zero attached hydrogens (tertiary/aromatic N) is 2. The Labute approximate surface area is 273 Å². The summed E-state index contributed by atoms with van der Waals surface area (Å²) in [6.45, 7) is 2.94. The second-order valence-corrected chi connectivity index (χ2v) is 13.0. The van der Waals surface area contributed by atoms with Gasteiger partial charge < -0.3 is 20.1 Å². The number of aryl methyl sites for hydroxylation is 2. The normalized spacial score (nSPS) is 20.2. The van der Waals surface area contributed by atoms with E-state index in [9.17, 15) is 4.79 Å². The van der Waals surface area contributed by atoms with E-state index in [1.165, 1.54) is 16.7 Å². The topological polar surface area (TPSA) is 85.4 Å². The zero-order chi connectivity index (χ0) is 31.2. The summed E-state index contributed by atoms with van der Waals surface area (Å²) in [6, 6.07) is 16.5. The Hall–Kier alpha value is -3.65. The van der Waals surface area contributed by atoms with Gasteiger partial charge in [0.2, 0.25) is 17.7 Å². The second-order valence-electron chi connectivity index (χ2n) is 12.3. The molecule has 1 fully saturated rings. The highest BCUT2D eigenvalue weighted by Gasteiger charge is 2.31. The lowest BCUT2D eigenvalue weighted by Gasteiger charge is -2.20. The van der Waals surface area contributed by atoms with E-state index in [1.54, 1.807) is 14.2 Å². The highest BCUT2D eigenvalue weighted by atomic mass is 35.5. The van der Waals surface area contributed by atoms with Crippen LogP contribution in [0.1, 0.15) is 66.8 Å². The number of fused-ring (bicyclic) bond motifs is 2. The van der Waals surface area contributed by atoms with Crippen molar-refractivity contribution in [3.8, 4) is 45.4 Å². The fourth-order valence-corrected chi connectivity index (χ4v) is 7.87. The molecule has 1 saturated heterocycles. The third-order valence-electron chi connectivity index (χ3n) is 9.53. The largest absolute Gasteiger partial charge is 0.481 e. The zero-order valence-electron chi connectivity index (χ0n) is 25.7. The number of methoxy groups -OCH3 is 2. The van der Waals surface area contributed by atoms with Gasteiger partial charge in [0.05, 0.1) is 35.7 Å². The molecule has 232 valence electrons. The molecule has 2 aromatic heterocycles. The van der Waals surface area contributed by atoms with Crippen LogP contribution in [0.25, 0.3) is 33.6 Å². The summed E-state index contributed by atoms with van der Waals surface area (Å²) < 4.78 is 11.5. The summed E-state index contributed by atoms with van der Waals surface area (Å²) in [5.41, 5.74) is 9.59. The van der Waals surface area contributed by atoms with Crippen LogP contribution in [-0.4, -0.2) is 42.7 Å². The van der Waals surface area contributed by atoms with E-state index in [0.29, 0.717) is 34.1 Å². The van der Waals surface area contributed by atoms with Gasteiger partial charge in [0.25, 0.3) is 0 Å². The van der Waals surface area contributed by atoms with Crippen molar-refractivity contribution in [2.24, 2.45) is 0 Å². The van der Waals surface area contributed by atoms with E-state index in [2.05, 4.69) is 29.7 Å². The summed E-state index contributed by atoms with van der Waals surface area (Å²) in [6.07, 6.45) is 5.38. The number of hydrogen-bond donors (Lipinski definition) is 2. The molecule has 0 bridgehead atoms. The minimum absolute atomic E-state index is 0.118. The smallest absolute Gasteiger partial charge is 0.220 e. The van der Waals surface area contributed by atoms with Gasteiger partial charge in [0, 0.05) is 58.4 Å². The number of pyridine rings is 2. The molecule has 0 spiro atoms. The number of hydrogen-bond acceptors (Lipinski definition) is 6. The number of rotatable bonds is 8. The molecule has 7 rings (SSSR count). The Kier molecular flexibility index (Phi) is 8.19. The molecular formula is C36H36Cl2N4O3. The van der Waals surface area contributed by atoms with Crippen LogP contribution >= 0.6 is 23.2 Å². The van der Waals surface area contributed by atoms with Gasteiger partial charge in [-0.1, -0.05) is 66.5 Å². The van der Waals surface area contributed by atoms with Crippen molar-refractivity contribution in [2.75, 3.05) is 20.8 Å². The van der Waals surface area contributed by atoms with Crippen LogP contribution < -0.4 is 20.1 Å². The third-order valence-corrected chi connectivity index (χ3v) is 10.3. The molecule has 45 heavy (non-hydrogen) atoms. The lowest BCUT2D eigenvalue weighted by atomic mass is 9.97. The summed E-state index contributed by atoms with van der Waals surface area (Å²) in [5, 5.41) is 7.83. The van der Waals surface area contributed by atoms with Gasteiger partial charge in [-0.05, 0) is 61.3 Å². The number of halogens is 2. The van der Waals surface area contributed by atoms with Crippen molar-refractivity contribution in [1.82, 2.24) is 20.6 Å². The molecule has 2 aromatic carbocycles. The Morgan fingerprint density at radius 2 is 1.36 bits per heavy atom. The number of benzene rings is 2. The van der Waals surface area contributed by atoms with Crippen molar-refractivity contribution in [3.05, 3.63) is 80.8 Å². The highest BCUT2D eigenvalue weighted by Crippen LogP contribution is 2.46. The Bertz CT molecular complexity index is 1810. The van der Waals surface area contributed by atoms with Crippen LogP contribution in [0, 0.1) is 0 Å². The molecule has 3 aliphatic rings. The Balaban J connectivity index is 1.22. The molecule has 0 radical (unpaired) electrons. The molecule has 2 unspecified atom stereocenters. The fraction of sp³-hybridized carbons (Fsp3) is 0.361. The summed E-state index contributed by atoms with van der Waals surface area (Å²) in [4.78, 5) is 21.5. The maximum absolute atomic E-state index is 11.6. The summed E-state index contributed by atoms with van der Waals surface area (Å²) >= 11 is 14.3. The van der Waals surface area contributed by atoms with Crippen LogP contribution in [0.2, 0.25) is 10.0 Å². The molecule has 3 atom stereocenters. The Morgan fingerprint density at radius 3 is 1.93 bits per heavy atom. The van der Waals surface area contributed by atoms with Crippen LogP contribution in [0.3, 0.4) is 0 Å². The van der Waals surface area contributed by atoms with E-state index in [0.717, 1.165) is 77.9 Å². The first-order valence-corrected chi connectivity index (χ1v) is 16.4. The van der Waals surface area contributed by atoms with Crippen molar-refractivity contribution in [2.45, 2.75) is 63.5 Å². The van der Waals surface area contributed by atoms with E-state index >= 15 is 0 Å². The zero-order valence-corrected chi connectivity index (χ0v) is 27.2. The average Bonchev–Trinajstić information content (AvgIpc) is 3.77. The fourth-order valence-electron chi connectivity index (χ4n) is 7.22. The highest BCUT2D eigenvalue weighted by molar-refractivity contribution is 6.39. The summed E-state index contributed by atoms with van der Waals surface area (Å²) in [7, 11) is 3.33. The van der Waals surface area contributed by atoms with Gasteiger partial charge >= 0.3 is 0 Å². The first-order chi connectivity index (χ1) is 21.9. The molecule has 4 aromatic rings. The van der Waals surface area contributed by atoms with Crippen LogP contribution in [0.4, 0.5) is 0 Å². The molecule has 2 N–H and O–H groups in total. The monoisotopic (exact) mass is 642 g/mol. The molecule has 0 saturated carbocycles. The predicted octanol–water partition coefficient (Wildman–Crippen LogP) is 7.71. The molecule has 2 aliphatic carbocycles.